The maximum atomic E-state index is 11.9. The zero-order valence-electron chi connectivity index (χ0n) is 11.3. The van der Waals surface area contributed by atoms with Gasteiger partial charge in [-0.1, -0.05) is 13.0 Å². The zero-order chi connectivity index (χ0) is 14.5. The van der Waals surface area contributed by atoms with Crippen molar-refractivity contribution in [3.05, 3.63) is 46.0 Å². The first-order chi connectivity index (χ1) is 9.67. The summed E-state index contributed by atoms with van der Waals surface area (Å²) in [5, 5.41) is 0. The molecule has 0 unspecified atom stereocenters. The third kappa shape index (κ3) is 2.74. The van der Waals surface area contributed by atoms with Gasteiger partial charge in [0.2, 0.25) is 0 Å². The number of aromatic amines is 1. The molecule has 20 heavy (non-hydrogen) atoms. The van der Waals surface area contributed by atoms with Crippen LogP contribution in [0, 0.1) is 0 Å². The summed E-state index contributed by atoms with van der Waals surface area (Å²) in [6.07, 6.45) is 3.63. The summed E-state index contributed by atoms with van der Waals surface area (Å²) < 4.78 is 4.78. The summed E-state index contributed by atoms with van der Waals surface area (Å²) >= 11 is 0. The first-order valence-corrected chi connectivity index (χ1v) is 6.38. The first-order valence-electron chi connectivity index (χ1n) is 6.38. The van der Waals surface area contributed by atoms with E-state index in [4.69, 9.17) is 4.74 Å². The van der Waals surface area contributed by atoms with Gasteiger partial charge in [0.05, 0.1) is 6.61 Å². The number of carbonyl (C=O) groups excluding carboxylic acids is 1. The number of nitrogens with zero attached hydrogens (tertiary/aromatic N) is 2. The normalized spacial score (nSPS) is 10.3. The van der Waals surface area contributed by atoms with Gasteiger partial charge in [0.15, 0.2) is 5.82 Å². The van der Waals surface area contributed by atoms with Crippen LogP contribution in [0.4, 0.5) is 0 Å². The Morgan fingerprint density at radius 3 is 2.80 bits per heavy atom. The molecule has 0 radical (unpaired) electrons. The van der Waals surface area contributed by atoms with E-state index in [1.807, 2.05) is 19.1 Å². The lowest BCUT2D eigenvalue weighted by Crippen LogP contribution is -2.21. The maximum absolute atomic E-state index is 11.9. The SMILES string of the molecule is CCOC(=O)c1cnc(-c2ncccc2CC)[nH]c1=O. The third-order valence-corrected chi connectivity index (χ3v) is 2.79. The third-order valence-electron chi connectivity index (χ3n) is 2.79. The first kappa shape index (κ1) is 13.9. The smallest absolute Gasteiger partial charge is 0.345 e. The molecule has 0 amide bonds. The van der Waals surface area contributed by atoms with E-state index in [1.165, 1.54) is 6.20 Å². The van der Waals surface area contributed by atoms with E-state index in [0.717, 1.165) is 12.0 Å². The average molecular weight is 273 g/mol. The minimum absolute atomic E-state index is 0.107. The van der Waals surface area contributed by atoms with Crippen LogP contribution in [0.2, 0.25) is 0 Å². The molecule has 0 saturated carbocycles. The molecule has 0 bridgehead atoms. The molecule has 0 aromatic carbocycles. The maximum Gasteiger partial charge on any atom is 0.345 e. The van der Waals surface area contributed by atoms with Crippen LogP contribution in [0.3, 0.4) is 0 Å². The summed E-state index contributed by atoms with van der Waals surface area (Å²) in [4.78, 5) is 34.3. The van der Waals surface area contributed by atoms with Crippen molar-refractivity contribution in [3.8, 4) is 11.5 Å². The summed E-state index contributed by atoms with van der Waals surface area (Å²) in [6, 6.07) is 3.75. The Kier molecular flexibility index (Phi) is 4.24. The summed E-state index contributed by atoms with van der Waals surface area (Å²) in [6.45, 7) is 3.88. The van der Waals surface area contributed by atoms with Crippen molar-refractivity contribution in [1.29, 1.82) is 0 Å². The van der Waals surface area contributed by atoms with E-state index < -0.39 is 11.5 Å². The molecule has 2 heterocycles. The topological polar surface area (TPSA) is 84.9 Å². The van der Waals surface area contributed by atoms with Crippen molar-refractivity contribution in [2.45, 2.75) is 20.3 Å². The van der Waals surface area contributed by atoms with Gasteiger partial charge < -0.3 is 9.72 Å². The van der Waals surface area contributed by atoms with Crippen LogP contribution in [-0.2, 0) is 11.2 Å². The number of aryl methyl sites for hydroxylation is 1. The van der Waals surface area contributed by atoms with Crippen molar-refractivity contribution >= 4 is 5.97 Å². The molecule has 2 aromatic heterocycles. The quantitative estimate of drug-likeness (QED) is 0.855. The minimum atomic E-state index is -0.676. The summed E-state index contributed by atoms with van der Waals surface area (Å²) in [5.74, 6) is -0.329. The molecule has 0 fully saturated rings. The molecule has 6 nitrogen and oxygen atoms in total. The molecule has 6 heteroatoms. The standard InChI is InChI=1S/C14H15N3O3/c1-3-9-6-5-7-15-11(9)12-16-8-10(13(18)17-12)14(19)20-4-2/h5-8H,3-4H2,1-2H3,(H,16,17,18). The highest BCUT2D eigenvalue weighted by Crippen LogP contribution is 2.16. The van der Waals surface area contributed by atoms with Crippen LogP contribution in [0.15, 0.2) is 29.3 Å². The van der Waals surface area contributed by atoms with Crippen LogP contribution in [0.1, 0.15) is 29.8 Å². The highest BCUT2D eigenvalue weighted by molar-refractivity contribution is 5.88. The van der Waals surface area contributed by atoms with Gasteiger partial charge in [-0.2, -0.15) is 0 Å². The van der Waals surface area contributed by atoms with E-state index in [9.17, 15) is 9.59 Å². The number of aromatic nitrogens is 3. The molecular formula is C14H15N3O3. The Morgan fingerprint density at radius 1 is 1.35 bits per heavy atom. The molecule has 2 aromatic rings. The predicted molar refractivity (Wildman–Crippen MR) is 73.4 cm³/mol. The van der Waals surface area contributed by atoms with Gasteiger partial charge in [-0.3, -0.25) is 9.78 Å². The molecule has 2 rings (SSSR count). The number of rotatable bonds is 4. The Labute approximate surface area is 115 Å². The molecule has 0 aliphatic rings. The lowest BCUT2D eigenvalue weighted by atomic mass is 10.1. The second-order valence-electron chi connectivity index (χ2n) is 4.06. The molecule has 1 N–H and O–H groups in total. The van der Waals surface area contributed by atoms with Crippen molar-refractivity contribution in [2.75, 3.05) is 6.61 Å². The number of hydrogen-bond acceptors (Lipinski definition) is 5. The van der Waals surface area contributed by atoms with Crippen LogP contribution in [0.25, 0.3) is 11.5 Å². The van der Waals surface area contributed by atoms with E-state index in [1.54, 1.807) is 13.1 Å². The van der Waals surface area contributed by atoms with E-state index in [0.29, 0.717) is 11.5 Å². The Balaban J connectivity index is 2.43. The van der Waals surface area contributed by atoms with Crippen molar-refractivity contribution in [3.63, 3.8) is 0 Å². The average Bonchev–Trinajstić information content (AvgIpc) is 2.47. The van der Waals surface area contributed by atoms with Crippen LogP contribution >= 0.6 is 0 Å². The highest BCUT2D eigenvalue weighted by Gasteiger charge is 2.14. The zero-order valence-corrected chi connectivity index (χ0v) is 11.3. The van der Waals surface area contributed by atoms with Gasteiger partial charge in [0, 0.05) is 12.4 Å². The summed E-state index contributed by atoms with van der Waals surface area (Å²) in [5.41, 5.74) is 0.952. The second-order valence-corrected chi connectivity index (χ2v) is 4.06. The number of hydrogen-bond donors (Lipinski definition) is 1. The van der Waals surface area contributed by atoms with Gasteiger partial charge in [-0.25, -0.2) is 9.78 Å². The molecule has 0 aliphatic carbocycles. The molecule has 0 spiro atoms. The number of carbonyl (C=O) groups is 1. The van der Waals surface area contributed by atoms with Crippen LogP contribution in [-0.4, -0.2) is 27.5 Å². The van der Waals surface area contributed by atoms with Gasteiger partial charge >= 0.3 is 5.97 Å². The Morgan fingerprint density at radius 2 is 2.15 bits per heavy atom. The number of ether oxygens (including phenoxy) is 1. The molecular weight excluding hydrogens is 258 g/mol. The fraction of sp³-hybridized carbons (Fsp3) is 0.286. The number of nitrogens with one attached hydrogen (secondary N) is 1. The van der Waals surface area contributed by atoms with Crippen LogP contribution in [0.5, 0.6) is 0 Å². The predicted octanol–water partition coefficient (Wildman–Crippen LogP) is 1.57. The lowest BCUT2D eigenvalue weighted by molar-refractivity contribution is 0.0524. The van der Waals surface area contributed by atoms with Crippen molar-refractivity contribution in [2.24, 2.45) is 0 Å². The van der Waals surface area contributed by atoms with Gasteiger partial charge in [-0.15, -0.1) is 0 Å². The fourth-order valence-electron chi connectivity index (χ4n) is 1.81. The van der Waals surface area contributed by atoms with Crippen LogP contribution < -0.4 is 5.56 Å². The summed E-state index contributed by atoms with van der Waals surface area (Å²) in [7, 11) is 0. The van der Waals surface area contributed by atoms with E-state index in [2.05, 4.69) is 15.0 Å². The van der Waals surface area contributed by atoms with E-state index >= 15 is 0 Å². The Hall–Kier alpha value is -2.50. The number of pyridine rings is 1. The number of esters is 1. The molecule has 0 saturated heterocycles. The van der Waals surface area contributed by atoms with Gasteiger partial charge in [0.25, 0.3) is 5.56 Å². The monoisotopic (exact) mass is 273 g/mol. The second kappa shape index (κ2) is 6.10. The minimum Gasteiger partial charge on any atom is -0.462 e. The van der Waals surface area contributed by atoms with Crippen molar-refractivity contribution in [1.82, 2.24) is 15.0 Å². The number of H-pyrrole nitrogens is 1. The molecule has 0 atom stereocenters. The molecule has 104 valence electrons. The Bertz CT molecular complexity index is 679. The van der Waals surface area contributed by atoms with E-state index in [-0.39, 0.29) is 12.2 Å². The lowest BCUT2D eigenvalue weighted by Gasteiger charge is -2.06. The van der Waals surface area contributed by atoms with Gasteiger partial charge in [0.1, 0.15) is 11.3 Å². The van der Waals surface area contributed by atoms with Crippen molar-refractivity contribution < 1.29 is 9.53 Å². The highest BCUT2D eigenvalue weighted by atomic mass is 16.5. The largest absolute Gasteiger partial charge is 0.462 e. The fourth-order valence-corrected chi connectivity index (χ4v) is 1.81. The van der Waals surface area contributed by atoms with Gasteiger partial charge in [-0.05, 0) is 25.0 Å². The molecule has 0 aliphatic heterocycles.